The summed E-state index contributed by atoms with van der Waals surface area (Å²) >= 11 is 0. The molecule has 0 atom stereocenters. The molecule has 0 bridgehead atoms. The van der Waals surface area contributed by atoms with Gasteiger partial charge in [-0.2, -0.15) is 0 Å². The Morgan fingerprint density at radius 2 is 2.18 bits per heavy atom. The van der Waals surface area contributed by atoms with Crippen LogP contribution in [0.15, 0.2) is 5.16 Å². The van der Waals surface area contributed by atoms with E-state index in [0.717, 1.165) is 12.8 Å². The summed E-state index contributed by atoms with van der Waals surface area (Å²) in [5, 5.41) is 20.1. The molecular formula is C6H14N2O3. The Kier molecular flexibility index (Phi) is 13.0. The van der Waals surface area contributed by atoms with Crippen molar-refractivity contribution >= 4 is 12.3 Å². The summed E-state index contributed by atoms with van der Waals surface area (Å²) in [6.45, 7) is 2.03. The maximum Gasteiger partial charge on any atom is 0.404 e. The van der Waals surface area contributed by atoms with E-state index in [9.17, 15) is 4.79 Å². The highest BCUT2D eigenvalue weighted by molar-refractivity contribution is 5.63. The summed E-state index contributed by atoms with van der Waals surface area (Å²) in [6, 6.07) is 0. The Balaban J connectivity index is 0. The third kappa shape index (κ3) is 28.4. The first-order valence-corrected chi connectivity index (χ1v) is 3.25. The first-order chi connectivity index (χ1) is 5.18. The fourth-order valence-electron chi connectivity index (χ4n) is 0.187. The molecule has 0 aliphatic rings. The maximum atomic E-state index is 9.26. The number of carboxylic acid groups (broad SMARTS) is 1. The first-order valence-electron chi connectivity index (χ1n) is 3.25. The van der Waals surface area contributed by atoms with E-state index in [4.69, 9.17) is 10.3 Å². The van der Waals surface area contributed by atoms with Crippen LogP contribution in [-0.4, -0.2) is 29.7 Å². The molecule has 0 aromatic heterocycles. The Hall–Kier alpha value is -1.26. The molecule has 0 aromatic rings. The molecule has 0 heterocycles. The van der Waals surface area contributed by atoms with Gasteiger partial charge >= 0.3 is 6.09 Å². The van der Waals surface area contributed by atoms with Crippen molar-refractivity contribution in [1.82, 2.24) is 5.32 Å². The third-order valence-corrected chi connectivity index (χ3v) is 0.713. The molecule has 0 saturated carbocycles. The quantitative estimate of drug-likeness (QED) is 0.323. The average molecular weight is 162 g/mol. The van der Waals surface area contributed by atoms with Crippen LogP contribution in [0.2, 0.25) is 0 Å². The Labute approximate surface area is 65.7 Å². The molecular weight excluding hydrogens is 148 g/mol. The average Bonchev–Trinajstić information content (AvgIpc) is 2.02. The van der Waals surface area contributed by atoms with Gasteiger partial charge in [-0.1, -0.05) is 13.3 Å². The number of carbonyl (C=O) groups is 1. The van der Waals surface area contributed by atoms with Crippen molar-refractivity contribution in [2.45, 2.75) is 19.8 Å². The monoisotopic (exact) mass is 162 g/mol. The lowest BCUT2D eigenvalue weighted by atomic mass is 10.4. The zero-order valence-electron chi connectivity index (χ0n) is 6.74. The van der Waals surface area contributed by atoms with Gasteiger partial charge in [0.15, 0.2) is 0 Å². The second-order valence-electron chi connectivity index (χ2n) is 1.64. The predicted octanol–water partition coefficient (Wildman–Crippen LogP) is 1.13. The largest absolute Gasteiger partial charge is 0.465 e. The van der Waals surface area contributed by atoms with E-state index in [-0.39, 0.29) is 0 Å². The molecule has 3 N–H and O–H groups in total. The molecule has 0 aromatic carbocycles. The van der Waals surface area contributed by atoms with Crippen molar-refractivity contribution in [2.24, 2.45) is 5.16 Å². The van der Waals surface area contributed by atoms with Crippen LogP contribution in [0.25, 0.3) is 0 Å². The number of rotatable bonds is 2. The van der Waals surface area contributed by atoms with Crippen molar-refractivity contribution in [3.05, 3.63) is 0 Å². The summed E-state index contributed by atoms with van der Waals surface area (Å²) in [5.74, 6) is 0. The van der Waals surface area contributed by atoms with Crippen LogP contribution >= 0.6 is 0 Å². The van der Waals surface area contributed by atoms with Crippen molar-refractivity contribution < 1.29 is 15.1 Å². The van der Waals surface area contributed by atoms with E-state index in [1.54, 1.807) is 0 Å². The maximum absolute atomic E-state index is 9.26. The van der Waals surface area contributed by atoms with Gasteiger partial charge in [-0.15, -0.1) is 5.16 Å². The predicted molar refractivity (Wildman–Crippen MR) is 42.3 cm³/mol. The number of oxime groups is 1. The normalized spacial score (nSPS) is 8.55. The molecule has 0 unspecified atom stereocenters. The van der Waals surface area contributed by atoms with Crippen LogP contribution in [0.3, 0.4) is 0 Å². The topological polar surface area (TPSA) is 81.9 Å². The Morgan fingerprint density at radius 1 is 1.73 bits per heavy atom. The molecule has 0 rings (SSSR count). The summed E-state index contributed by atoms with van der Waals surface area (Å²) < 4.78 is 0. The molecule has 1 amide bonds. The molecule has 0 saturated heterocycles. The van der Waals surface area contributed by atoms with Gasteiger partial charge < -0.3 is 15.6 Å². The zero-order valence-corrected chi connectivity index (χ0v) is 6.74. The summed E-state index contributed by atoms with van der Waals surface area (Å²) in [5.41, 5.74) is 0. The van der Waals surface area contributed by atoms with Crippen LogP contribution < -0.4 is 5.32 Å². The van der Waals surface area contributed by atoms with Crippen molar-refractivity contribution in [3.63, 3.8) is 0 Å². The molecule has 0 aliphatic carbocycles. The minimum atomic E-state index is -0.995. The smallest absolute Gasteiger partial charge is 0.404 e. The molecule has 11 heavy (non-hydrogen) atoms. The fraction of sp³-hybridized carbons (Fsp3) is 0.667. The number of nitrogens with one attached hydrogen (secondary N) is 1. The van der Waals surface area contributed by atoms with E-state index in [2.05, 4.69) is 5.16 Å². The van der Waals surface area contributed by atoms with Crippen LogP contribution in [-0.2, 0) is 0 Å². The van der Waals surface area contributed by atoms with Crippen LogP contribution in [0.5, 0.6) is 0 Å². The fourth-order valence-corrected chi connectivity index (χ4v) is 0.187. The highest BCUT2D eigenvalue weighted by Crippen LogP contribution is 1.77. The number of unbranched alkanes of at least 4 members (excludes halogenated alkanes) is 1. The first kappa shape index (κ1) is 12.4. The van der Waals surface area contributed by atoms with Gasteiger partial charge in [-0.3, -0.25) is 0 Å². The second kappa shape index (κ2) is 11.5. The van der Waals surface area contributed by atoms with Crippen LogP contribution in [0.4, 0.5) is 4.79 Å². The summed E-state index contributed by atoms with van der Waals surface area (Å²) in [4.78, 5) is 9.26. The molecule has 66 valence electrons. The molecule has 0 aliphatic heterocycles. The van der Waals surface area contributed by atoms with Crippen molar-refractivity contribution in [1.29, 1.82) is 0 Å². The Bertz CT molecular complexity index is 114. The standard InChI is InChI=1S/C4H9NO.C2H5NO2/c1-2-3-4-5-6;1-3-2(4)5/h4,6H,2-3H2,1H3;3H,1H3,(H,4,5). The lowest BCUT2D eigenvalue weighted by molar-refractivity contribution is 0.197. The van der Waals surface area contributed by atoms with Gasteiger partial charge in [0.1, 0.15) is 0 Å². The van der Waals surface area contributed by atoms with Gasteiger partial charge in [0.25, 0.3) is 0 Å². The van der Waals surface area contributed by atoms with E-state index in [1.165, 1.54) is 13.3 Å². The van der Waals surface area contributed by atoms with Crippen molar-refractivity contribution in [3.8, 4) is 0 Å². The number of hydrogen-bond donors (Lipinski definition) is 3. The third-order valence-electron chi connectivity index (χ3n) is 0.713. The minimum absolute atomic E-state index is 0.872. The molecule has 0 spiro atoms. The van der Waals surface area contributed by atoms with Gasteiger partial charge in [-0.05, 0) is 6.42 Å². The lowest BCUT2D eigenvalue weighted by Gasteiger charge is -1.78. The molecule has 0 radical (unpaired) electrons. The SMILES string of the molecule is CCCC=NO.CNC(=O)O. The van der Waals surface area contributed by atoms with Crippen LogP contribution in [0, 0.1) is 0 Å². The van der Waals surface area contributed by atoms with Gasteiger partial charge in [0.2, 0.25) is 0 Å². The second-order valence-corrected chi connectivity index (χ2v) is 1.64. The van der Waals surface area contributed by atoms with E-state index < -0.39 is 6.09 Å². The highest BCUT2D eigenvalue weighted by atomic mass is 16.4. The molecule has 5 nitrogen and oxygen atoms in total. The van der Waals surface area contributed by atoms with Gasteiger partial charge in [0, 0.05) is 13.3 Å². The van der Waals surface area contributed by atoms with E-state index >= 15 is 0 Å². The number of nitrogens with zero attached hydrogens (tertiary/aromatic N) is 1. The van der Waals surface area contributed by atoms with Crippen LogP contribution in [0.1, 0.15) is 19.8 Å². The molecule has 0 fully saturated rings. The lowest BCUT2D eigenvalue weighted by Crippen LogP contribution is -2.13. The van der Waals surface area contributed by atoms with Gasteiger partial charge in [-0.25, -0.2) is 4.79 Å². The zero-order chi connectivity index (χ0) is 9.11. The Morgan fingerprint density at radius 3 is 2.27 bits per heavy atom. The molecule has 5 heteroatoms. The number of hydrogen-bond acceptors (Lipinski definition) is 3. The number of amides is 1. The van der Waals surface area contributed by atoms with E-state index in [1.807, 2.05) is 12.2 Å². The summed E-state index contributed by atoms with van der Waals surface area (Å²) in [7, 11) is 1.35. The highest BCUT2D eigenvalue weighted by Gasteiger charge is 1.76. The van der Waals surface area contributed by atoms with Gasteiger partial charge in [0.05, 0.1) is 0 Å². The van der Waals surface area contributed by atoms with Crippen molar-refractivity contribution in [2.75, 3.05) is 7.05 Å². The van der Waals surface area contributed by atoms with E-state index in [0.29, 0.717) is 0 Å². The minimum Gasteiger partial charge on any atom is -0.465 e. The summed E-state index contributed by atoms with van der Waals surface area (Å²) in [6.07, 6.45) is 2.41.